The molecule has 0 aliphatic carbocycles. The molecule has 37 heavy (non-hydrogen) atoms. The fourth-order valence-electron chi connectivity index (χ4n) is 4.35. The number of H-pyrrole nitrogens is 1. The number of aliphatic carboxylic acids is 1. The molecule has 1 aromatic heterocycles. The van der Waals surface area contributed by atoms with Gasteiger partial charge in [0.15, 0.2) is 0 Å². The molecule has 0 unspecified atom stereocenters. The van der Waals surface area contributed by atoms with Crippen LogP contribution in [0, 0.1) is 5.92 Å². The number of hydrogen-bond acceptors (Lipinski definition) is 5. The molecule has 2 aromatic carbocycles. The number of hydrogen-bond donors (Lipinski definition) is 5. The maximum absolute atomic E-state index is 12.6. The van der Waals surface area contributed by atoms with Gasteiger partial charge < -0.3 is 20.7 Å². The van der Waals surface area contributed by atoms with E-state index in [0.717, 1.165) is 53.7 Å². The summed E-state index contributed by atoms with van der Waals surface area (Å²) in [5, 5.41) is 18.3. The summed E-state index contributed by atoms with van der Waals surface area (Å²) in [5.41, 5.74) is 7.22. The molecule has 2 aliphatic heterocycles. The maximum atomic E-state index is 12.6. The quantitative estimate of drug-likeness (QED) is 0.359. The van der Waals surface area contributed by atoms with E-state index < -0.39 is 12.1 Å². The first kappa shape index (κ1) is 25.9. The molecule has 0 radical (unpaired) electrons. The van der Waals surface area contributed by atoms with E-state index in [2.05, 4.69) is 26.1 Å². The highest BCUT2D eigenvalue weighted by Crippen LogP contribution is 2.34. The van der Waals surface area contributed by atoms with Crippen LogP contribution in [0.2, 0.25) is 0 Å². The molecule has 12 heteroatoms. The first-order valence-corrected chi connectivity index (χ1v) is 11.5. The molecule has 0 spiro atoms. The minimum absolute atomic E-state index is 0.0196. The van der Waals surface area contributed by atoms with Crippen molar-refractivity contribution in [2.75, 3.05) is 18.4 Å². The molecule has 2 amide bonds. The van der Waals surface area contributed by atoms with E-state index in [1.807, 2.05) is 36.4 Å². The molecule has 2 aliphatic rings. The number of hydrazone groups is 1. The van der Waals surface area contributed by atoms with Gasteiger partial charge in [0.1, 0.15) is 0 Å². The van der Waals surface area contributed by atoms with Crippen LogP contribution in [0.25, 0.3) is 22.2 Å². The topological polar surface area (TPSA) is 136 Å². The number of carboxylic acids is 1. The zero-order valence-corrected chi connectivity index (χ0v) is 19.5. The van der Waals surface area contributed by atoms with Crippen molar-refractivity contribution in [1.29, 1.82) is 0 Å². The Morgan fingerprint density at radius 3 is 2.43 bits per heavy atom. The van der Waals surface area contributed by atoms with Crippen LogP contribution in [0.3, 0.4) is 0 Å². The highest BCUT2D eigenvalue weighted by Gasteiger charge is 2.38. The summed E-state index contributed by atoms with van der Waals surface area (Å²) in [6.07, 6.45) is -0.893. The van der Waals surface area contributed by atoms with Crippen molar-refractivity contribution in [3.8, 4) is 11.3 Å². The lowest BCUT2D eigenvalue weighted by Crippen LogP contribution is -2.30. The summed E-state index contributed by atoms with van der Waals surface area (Å²) in [6, 6.07) is 13.5. The van der Waals surface area contributed by atoms with Crippen LogP contribution in [0.4, 0.5) is 18.9 Å². The van der Waals surface area contributed by atoms with Gasteiger partial charge in [0, 0.05) is 28.6 Å². The van der Waals surface area contributed by atoms with Crippen molar-refractivity contribution in [2.45, 2.75) is 25.4 Å². The number of aromatic amines is 1. The molecular formula is C25H24F3N5O4. The van der Waals surface area contributed by atoms with Gasteiger partial charge in [-0.25, -0.2) is 10.2 Å². The number of rotatable bonds is 4. The number of halogens is 3. The number of aromatic nitrogens is 1. The van der Waals surface area contributed by atoms with Crippen LogP contribution in [0.15, 0.2) is 47.6 Å². The van der Waals surface area contributed by atoms with Gasteiger partial charge in [-0.2, -0.15) is 18.3 Å². The van der Waals surface area contributed by atoms with E-state index in [1.165, 1.54) is 0 Å². The second kappa shape index (κ2) is 10.8. The van der Waals surface area contributed by atoms with Crippen LogP contribution in [0.1, 0.15) is 35.2 Å². The summed E-state index contributed by atoms with van der Waals surface area (Å²) < 4.78 is 31.7. The number of nitrogens with zero attached hydrogens (tertiary/aromatic N) is 1. The monoisotopic (exact) mass is 515 g/mol. The number of carbonyl (C=O) groups is 3. The summed E-state index contributed by atoms with van der Waals surface area (Å²) in [4.78, 5) is 37.6. The number of piperidine rings is 1. The molecule has 0 saturated carbocycles. The number of amides is 2. The first-order chi connectivity index (χ1) is 17.6. The van der Waals surface area contributed by atoms with Crippen molar-refractivity contribution in [3.05, 3.63) is 53.6 Å². The molecule has 3 heterocycles. The normalized spacial score (nSPS) is 15.4. The number of alkyl halides is 3. The SMILES string of the molecule is O=C(CC1CCNCC1)Nc1cc2c3c(c(-c4ccccc4)[nH]c3c1)C=NNC2=O.O=C(O)C(F)(F)F. The number of carbonyl (C=O) groups excluding carboxylic acids is 2. The predicted molar refractivity (Wildman–Crippen MR) is 131 cm³/mol. The van der Waals surface area contributed by atoms with Crippen LogP contribution < -0.4 is 16.1 Å². The van der Waals surface area contributed by atoms with Crippen molar-refractivity contribution >= 4 is 40.6 Å². The van der Waals surface area contributed by atoms with Gasteiger partial charge in [0.05, 0.1) is 17.5 Å². The first-order valence-electron chi connectivity index (χ1n) is 11.5. The van der Waals surface area contributed by atoms with E-state index >= 15 is 0 Å². The van der Waals surface area contributed by atoms with E-state index in [1.54, 1.807) is 12.3 Å². The standard InChI is InChI=1S/C23H23N5O2.C2HF3O2/c29-20(10-14-6-8-24-9-7-14)26-16-11-17-21-18(13-25-28-23(17)30)22(27-19(21)12-16)15-4-2-1-3-5-15;3-2(4,5)1(6)7/h1-5,11-14,24,27H,6-10H2,(H,26,29)(H,28,30);(H,6,7). The van der Waals surface area contributed by atoms with Crippen LogP contribution in [-0.2, 0) is 9.59 Å². The van der Waals surface area contributed by atoms with E-state index in [9.17, 15) is 22.8 Å². The maximum Gasteiger partial charge on any atom is 0.490 e. The number of nitrogens with one attached hydrogen (secondary N) is 4. The highest BCUT2D eigenvalue weighted by molar-refractivity contribution is 6.18. The minimum atomic E-state index is -5.08. The third-order valence-electron chi connectivity index (χ3n) is 6.06. The zero-order chi connectivity index (χ0) is 26.6. The number of benzene rings is 2. The molecule has 5 N–H and O–H groups in total. The van der Waals surface area contributed by atoms with Gasteiger partial charge in [-0.3, -0.25) is 9.59 Å². The number of anilines is 1. The lowest BCUT2D eigenvalue weighted by molar-refractivity contribution is -0.192. The predicted octanol–water partition coefficient (Wildman–Crippen LogP) is 3.87. The van der Waals surface area contributed by atoms with Crippen molar-refractivity contribution in [2.24, 2.45) is 11.0 Å². The summed E-state index contributed by atoms with van der Waals surface area (Å²) in [5.74, 6) is -2.67. The highest BCUT2D eigenvalue weighted by atomic mass is 19.4. The smallest absolute Gasteiger partial charge is 0.475 e. The van der Waals surface area contributed by atoms with E-state index in [4.69, 9.17) is 9.90 Å². The van der Waals surface area contributed by atoms with Crippen LogP contribution >= 0.6 is 0 Å². The molecule has 0 bridgehead atoms. The lowest BCUT2D eigenvalue weighted by atomic mass is 9.94. The third kappa shape index (κ3) is 6.15. The molecular weight excluding hydrogens is 491 g/mol. The van der Waals surface area contributed by atoms with Gasteiger partial charge in [-0.1, -0.05) is 30.3 Å². The Hall–Kier alpha value is -4.19. The van der Waals surface area contributed by atoms with Crippen molar-refractivity contribution in [3.63, 3.8) is 0 Å². The molecule has 1 fully saturated rings. The largest absolute Gasteiger partial charge is 0.490 e. The molecule has 1 saturated heterocycles. The van der Waals surface area contributed by atoms with Crippen molar-refractivity contribution in [1.82, 2.24) is 15.7 Å². The zero-order valence-electron chi connectivity index (χ0n) is 19.5. The van der Waals surface area contributed by atoms with Crippen molar-refractivity contribution < 1.29 is 32.7 Å². The third-order valence-corrected chi connectivity index (χ3v) is 6.06. The fraction of sp³-hybridized carbons (Fsp3) is 0.280. The lowest BCUT2D eigenvalue weighted by Gasteiger charge is -2.22. The Bertz CT molecular complexity index is 1350. The average molecular weight is 515 g/mol. The van der Waals surface area contributed by atoms with Crippen LogP contribution in [0.5, 0.6) is 0 Å². The Morgan fingerprint density at radius 2 is 1.78 bits per heavy atom. The molecule has 9 nitrogen and oxygen atoms in total. The molecule has 5 rings (SSSR count). The Balaban J connectivity index is 0.000000405. The average Bonchev–Trinajstić information content (AvgIpc) is 3.13. The number of carboxylic acid groups (broad SMARTS) is 1. The Kier molecular flexibility index (Phi) is 7.58. The van der Waals surface area contributed by atoms with Gasteiger partial charge in [0.2, 0.25) is 5.91 Å². The van der Waals surface area contributed by atoms with Crippen LogP contribution in [-0.4, -0.2) is 53.4 Å². The molecule has 3 aromatic rings. The van der Waals surface area contributed by atoms with Gasteiger partial charge in [0.25, 0.3) is 5.91 Å². The summed E-state index contributed by atoms with van der Waals surface area (Å²) >= 11 is 0. The molecule has 194 valence electrons. The second-order valence-corrected chi connectivity index (χ2v) is 8.67. The Labute approximate surface area is 209 Å². The fourth-order valence-corrected chi connectivity index (χ4v) is 4.35. The molecule has 0 atom stereocenters. The van der Waals surface area contributed by atoms with E-state index in [0.29, 0.717) is 23.6 Å². The summed E-state index contributed by atoms with van der Waals surface area (Å²) in [6.45, 7) is 1.92. The second-order valence-electron chi connectivity index (χ2n) is 8.67. The van der Waals surface area contributed by atoms with Gasteiger partial charge >= 0.3 is 12.1 Å². The van der Waals surface area contributed by atoms with E-state index in [-0.39, 0.29) is 11.8 Å². The minimum Gasteiger partial charge on any atom is -0.475 e. The Morgan fingerprint density at radius 1 is 1.11 bits per heavy atom. The van der Waals surface area contributed by atoms with Gasteiger partial charge in [-0.05, 0) is 49.5 Å². The van der Waals surface area contributed by atoms with Gasteiger partial charge in [-0.15, -0.1) is 0 Å². The summed E-state index contributed by atoms with van der Waals surface area (Å²) in [7, 11) is 0.